The molecule has 2 rings (SSSR count). The summed E-state index contributed by atoms with van der Waals surface area (Å²) in [6, 6.07) is 5.80. The first kappa shape index (κ1) is 9.80. The molecule has 0 aromatic carbocycles. The quantitative estimate of drug-likeness (QED) is 0.805. The Morgan fingerprint density at radius 3 is 2.80 bits per heavy atom. The van der Waals surface area contributed by atoms with Crippen LogP contribution in [0.3, 0.4) is 0 Å². The van der Waals surface area contributed by atoms with E-state index in [1.54, 1.807) is 18.6 Å². The molecule has 0 amide bonds. The number of aryl methyl sites for hydroxylation is 1. The van der Waals surface area contributed by atoms with E-state index in [1.165, 1.54) is 0 Å². The summed E-state index contributed by atoms with van der Waals surface area (Å²) in [4.78, 5) is 8.37. The van der Waals surface area contributed by atoms with Gasteiger partial charge in [-0.25, -0.2) is 0 Å². The fraction of sp³-hybridized carbons (Fsp3) is 0.167. The Bertz CT molecular complexity index is 454. The summed E-state index contributed by atoms with van der Waals surface area (Å²) in [6.07, 6.45) is 5.21. The average molecular weight is 200 g/mol. The molecule has 0 saturated carbocycles. The lowest BCUT2D eigenvalue weighted by molar-refractivity contribution is 0.281. The molecule has 0 bridgehead atoms. The Kier molecular flexibility index (Phi) is 2.74. The van der Waals surface area contributed by atoms with E-state index in [2.05, 4.69) is 9.97 Å². The molecule has 3 heteroatoms. The van der Waals surface area contributed by atoms with Gasteiger partial charge in [-0.2, -0.15) is 0 Å². The second kappa shape index (κ2) is 4.19. The van der Waals surface area contributed by atoms with E-state index in [1.807, 2.05) is 25.1 Å². The van der Waals surface area contributed by atoms with E-state index in [0.717, 1.165) is 22.4 Å². The zero-order chi connectivity index (χ0) is 10.7. The van der Waals surface area contributed by atoms with Gasteiger partial charge in [0.1, 0.15) is 0 Å². The maximum absolute atomic E-state index is 8.97. The second-order valence-corrected chi connectivity index (χ2v) is 3.41. The van der Waals surface area contributed by atoms with Gasteiger partial charge in [-0.1, -0.05) is 6.07 Å². The summed E-state index contributed by atoms with van der Waals surface area (Å²) < 4.78 is 0. The van der Waals surface area contributed by atoms with E-state index in [4.69, 9.17) is 5.11 Å². The summed E-state index contributed by atoms with van der Waals surface area (Å²) in [6.45, 7) is 2.01. The first-order valence-electron chi connectivity index (χ1n) is 4.78. The molecule has 3 nitrogen and oxygen atoms in total. The maximum atomic E-state index is 8.97. The molecule has 2 heterocycles. The van der Waals surface area contributed by atoms with Crippen molar-refractivity contribution in [3.05, 3.63) is 47.9 Å². The number of aliphatic hydroxyl groups is 1. The van der Waals surface area contributed by atoms with Gasteiger partial charge in [0, 0.05) is 24.2 Å². The van der Waals surface area contributed by atoms with Crippen molar-refractivity contribution in [1.82, 2.24) is 9.97 Å². The van der Waals surface area contributed by atoms with Gasteiger partial charge in [0.25, 0.3) is 0 Å². The van der Waals surface area contributed by atoms with E-state index >= 15 is 0 Å². The van der Waals surface area contributed by atoms with Crippen LogP contribution in [0.15, 0.2) is 36.8 Å². The summed E-state index contributed by atoms with van der Waals surface area (Å²) in [5.74, 6) is 0. The van der Waals surface area contributed by atoms with Gasteiger partial charge in [0.15, 0.2) is 0 Å². The van der Waals surface area contributed by atoms with Crippen LogP contribution in [0, 0.1) is 6.92 Å². The number of rotatable bonds is 2. The van der Waals surface area contributed by atoms with Crippen molar-refractivity contribution in [2.45, 2.75) is 13.5 Å². The largest absolute Gasteiger partial charge is 0.392 e. The summed E-state index contributed by atoms with van der Waals surface area (Å²) in [7, 11) is 0. The van der Waals surface area contributed by atoms with E-state index in [0.29, 0.717) is 0 Å². The van der Waals surface area contributed by atoms with E-state index in [9.17, 15) is 0 Å². The highest BCUT2D eigenvalue weighted by Crippen LogP contribution is 2.20. The summed E-state index contributed by atoms with van der Waals surface area (Å²) in [5, 5.41) is 8.97. The van der Waals surface area contributed by atoms with Gasteiger partial charge >= 0.3 is 0 Å². The lowest BCUT2D eigenvalue weighted by Gasteiger charge is -2.05. The van der Waals surface area contributed by atoms with Crippen molar-refractivity contribution in [3.63, 3.8) is 0 Å². The molecule has 0 aliphatic carbocycles. The van der Waals surface area contributed by atoms with Gasteiger partial charge < -0.3 is 5.11 Å². The molecular formula is C12H12N2O. The highest BCUT2D eigenvalue weighted by atomic mass is 16.3. The monoisotopic (exact) mass is 200 g/mol. The number of nitrogens with zero attached hydrogens (tertiary/aromatic N) is 2. The predicted molar refractivity (Wildman–Crippen MR) is 58.1 cm³/mol. The third kappa shape index (κ3) is 2.02. The lowest BCUT2D eigenvalue weighted by Crippen LogP contribution is -1.92. The van der Waals surface area contributed by atoms with Crippen molar-refractivity contribution in [3.8, 4) is 11.3 Å². The van der Waals surface area contributed by atoms with Crippen molar-refractivity contribution in [2.24, 2.45) is 0 Å². The molecule has 15 heavy (non-hydrogen) atoms. The maximum Gasteiger partial charge on any atom is 0.0746 e. The Morgan fingerprint density at radius 2 is 2.20 bits per heavy atom. The number of hydrogen-bond donors (Lipinski definition) is 1. The van der Waals surface area contributed by atoms with Crippen LogP contribution < -0.4 is 0 Å². The highest BCUT2D eigenvalue weighted by molar-refractivity contribution is 5.61. The molecule has 0 aliphatic heterocycles. The third-order valence-electron chi connectivity index (χ3n) is 2.25. The molecule has 0 spiro atoms. The molecule has 0 unspecified atom stereocenters. The minimum atomic E-state index is 0.0289. The van der Waals surface area contributed by atoms with Crippen molar-refractivity contribution < 1.29 is 5.11 Å². The van der Waals surface area contributed by atoms with Crippen molar-refractivity contribution in [2.75, 3.05) is 0 Å². The second-order valence-electron chi connectivity index (χ2n) is 3.41. The van der Waals surface area contributed by atoms with E-state index < -0.39 is 0 Å². The first-order valence-corrected chi connectivity index (χ1v) is 4.78. The van der Waals surface area contributed by atoms with Crippen LogP contribution in [0.4, 0.5) is 0 Å². The first-order chi connectivity index (χ1) is 7.31. The van der Waals surface area contributed by atoms with Crippen LogP contribution in [-0.4, -0.2) is 15.1 Å². The van der Waals surface area contributed by atoms with Crippen LogP contribution in [0.2, 0.25) is 0 Å². The minimum absolute atomic E-state index is 0.0289. The normalized spacial score (nSPS) is 10.3. The minimum Gasteiger partial charge on any atom is -0.392 e. The molecule has 0 atom stereocenters. The van der Waals surface area contributed by atoms with Gasteiger partial charge in [-0.3, -0.25) is 9.97 Å². The SMILES string of the molecule is Cc1cc(CO)cnc1-c1cccnc1. The van der Waals surface area contributed by atoms with Crippen LogP contribution in [0.5, 0.6) is 0 Å². The summed E-state index contributed by atoms with van der Waals surface area (Å²) >= 11 is 0. The fourth-order valence-corrected chi connectivity index (χ4v) is 1.52. The smallest absolute Gasteiger partial charge is 0.0746 e. The average Bonchev–Trinajstić information content (AvgIpc) is 2.30. The van der Waals surface area contributed by atoms with Crippen molar-refractivity contribution in [1.29, 1.82) is 0 Å². The number of aliphatic hydroxyl groups excluding tert-OH is 1. The zero-order valence-corrected chi connectivity index (χ0v) is 8.51. The third-order valence-corrected chi connectivity index (χ3v) is 2.25. The predicted octanol–water partition coefficient (Wildman–Crippen LogP) is 1.94. The Morgan fingerprint density at radius 1 is 1.33 bits per heavy atom. The number of pyridine rings is 2. The van der Waals surface area contributed by atoms with Crippen LogP contribution in [-0.2, 0) is 6.61 Å². The van der Waals surface area contributed by atoms with Crippen LogP contribution in [0.25, 0.3) is 11.3 Å². The summed E-state index contributed by atoms with van der Waals surface area (Å²) in [5.41, 5.74) is 3.80. The standard InChI is InChI=1S/C12H12N2O/c1-9-5-10(8-15)6-14-12(9)11-3-2-4-13-7-11/h2-7,15H,8H2,1H3. The highest BCUT2D eigenvalue weighted by Gasteiger charge is 2.03. The molecule has 2 aromatic rings. The molecule has 2 aromatic heterocycles. The zero-order valence-electron chi connectivity index (χ0n) is 8.51. The molecular weight excluding hydrogens is 188 g/mol. The molecule has 0 fully saturated rings. The van der Waals surface area contributed by atoms with Gasteiger partial charge in [0.2, 0.25) is 0 Å². The van der Waals surface area contributed by atoms with Gasteiger partial charge in [-0.15, -0.1) is 0 Å². The number of hydrogen-bond acceptors (Lipinski definition) is 3. The Labute approximate surface area is 88.5 Å². The molecule has 0 radical (unpaired) electrons. The molecule has 0 aliphatic rings. The lowest BCUT2D eigenvalue weighted by atomic mass is 10.1. The Hall–Kier alpha value is -1.74. The van der Waals surface area contributed by atoms with Crippen LogP contribution in [0.1, 0.15) is 11.1 Å². The van der Waals surface area contributed by atoms with Crippen molar-refractivity contribution >= 4 is 0 Å². The topological polar surface area (TPSA) is 46.0 Å². The Balaban J connectivity index is 2.46. The van der Waals surface area contributed by atoms with Crippen LogP contribution >= 0.6 is 0 Å². The van der Waals surface area contributed by atoms with Gasteiger partial charge in [0.05, 0.1) is 12.3 Å². The molecule has 76 valence electrons. The fourth-order valence-electron chi connectivity index (χ4n) is 1.52. The van der Waals surface area contributed by atoms with Gasteiger partial charge in [-0.05, 0) is 30.2 Å². The number of aromatic nitrogens is 2. The molecule has 1 N–H and O–H groups in total. The van der Waals surface area contributed by atoms with E-state index in [-0.39, 0.29) is 6.61 Å². The molecule has 0 saturated heterocycles.